The van der Waals surface area contributed by atoms with Crippen LogP contribution in [0.4, 0.5) is 0 Å². The zero-order valence-electron chi connectivity index (χ0n) is 19.5. The van der Waals surface area contributed by atoms with Gasteiger partial charge in [-0.2, -0.15) is 0 Å². The molecule has 8 nitrogen and oxygen atoms in total. The number of carboxylic acids is 1. The van der Waals surface area contributed by atoms with Crippen LogP contribution in [-0.4, -0.2) is 50.0 Å². The zero-order valence-corrected chi connectivity index (χ0v) is 19.5. The second kappa shape index (κ2) is 10.2. The van der Waals surface area contributed by atoms with E-state index >= 15 is 0 Å². The van der Waals surface area contributed by atoms with E-state index in [4.69, 9.17) is 4.74 Å². The fraction of sp³-hybridized carbons (Fsp3) is 0.370. The third-order valence-electron chi connectivity index (χ3n) is 6.73. The van der Waals surface area contributed by atoms with E-state index in [1.807, 2.05) is 30.3 Å². The molecule has 0 saturated heterocycles. The van der Waals surface area contributed by atoms with Crippen molar-refractivity contribution < 1.29 is 19.4 Å². The predicted molar refractivity (Wildman–Crippen MR) is 128 cm³/mol. The summed E-state index contributed by atoms with van der Waals surface area (Å²) in [6.07, 6.45) is 9.60. The van der Waals surface area contributed by atoms with Gasteiger partial charge in [0.2, 0.25) is 11.7 Å². The Morgan fingerprint density at radius 3 is 2.57 bits per heavy atom. The number of ether oxygens (including phenoxy) is 1. The van der Waals surface area contributed by atoms with Gasteiger partial charge in [0.25, 0.3) is 5.91 Å². The number of hydrogen-bond donors (Lipinski definition) is 1. The van der Waals surface area contributed by atoms with Crippen molar-refractivity contribution in [3.05, 3.63) is 82.6 Å². The first-order valence-corrected chi connectivity index (χ1v) is 12.1. The summed E-state index contributed by atoms with van der Waals surface area (Å²) in [6.45, 7) is 1.60. The maximum absolute atomic E-state index is 13.1. The number of rotatable bonds is 2. The number of hydrogen-bond acceptors (Lipinski definition) is 6. The molecule has 1 unspecified atom stereocenters. The number of aryl methyl sites for hydroxylation is 1. The molecule has 5 aliphatic heterocycles. The second-order valence-corrected chi connectivity index (χ2v) is 9.16. The van der Waals surface area contributed by atoms with Crippen molar-refractivity contribution in [3.8, 4) is 5.88 Å². The van der Waals surface area contributed by atoms with Gasteiger partial charge >= 0.3 is 5.97 Å². The van der Waals surface area contributed by atoms with Crippen LogP contribution in [0, 0.1) is 0 Å². The number of carbonyl (C=O) groups excluding carboxylic acids is 1. The molecule has 7 bridgehead atoms. The molecular weight excluding hydrogens is 444 g/mol. The van der Waals surface area contributed by atoms with E-state index in [-0.39, 0.29) is 24.1 Å². The first-order chi connectivity index (χ1) is 17.1. The Hall–Kier alpha value is -3.81. The van der Waals surface area contributed by atoms with Crippen LogP contribution in [-0.2, 0) is 24.2 Å². The van der Waals surface area contributed by atoms with Crippen LogP contribution < -0.4 is 4.74 Å². The number of pyridine rings is 1. The number of carboxylic acid groups (broad SMARTS) is 1. The van der Waals surface area contributed by atoms with Crippen molar-refractivity contribution in [2.75, 3.05) is 13.2 Å². The van der Waals surface area contributed by atoms with E-state index in [0.29, 0.717) is 25.6 Å². The van der Waals surface area contributed by atoms with E-state index in [2.05, 4.69) is 15.0 Å². The summed E-state index contributed by atoms with van der Waals surface area (Å²) < 4.78 is 5.79. The Bertz CT molecular complexity index is 1210. The van der Waals surface area contributed by atoms with E-state index < -0.39 is 5.97 Å². The average molecular weight is 473 g/mol. The summed E-state index contributed by atoms with van der Waals surface area (Å²) in [5.41, 5.74) is 4.92. The Labute approximate surface area is 204 Å². The summed E-state index contributed by atoms with van der Waals surface area (Å²) in [5.74, 6) is -0.663. The van der Waals surface area contributed by atoms with Gasteiger partial charge < -0.3 is 14.7 Å². The van der Waals surface area contributed by atoms with Gasteiger partial charge in [-0.05, 0) is 59.9 Å². The van der Waals surface area contributed by atoms with Crippen LogP contribution in [0.15, 0.2) is 48.9 Å². The number of nitrogens with zero attached hydrogens (tertiary/aromatic N) is 4. The van der Waals surface area contributed by atoms with Crippen LogP contribution in [0.1, 0.15) is 70.0 Å². The highest BCUT2D eigenvalue weighted by Crippen LogP contribution is 2.32. The molecule has 180 valence electrons. The molecule has 35 heavy (non-hydrogen) atoms. The van der Waals surface area contributed by atoms with Gasteiger partial charge in [0.05, 0.1) is 13.0 Å². The SMILES string of the molecule is O=C(O)CC1c2ccc(nc2)OCCCCCc2cnc(nc2)C(=O)N2CCc3ccc1cc3C2. The number of amides is 1. The van der Waals surface area contributed by atoms with Gasteiger partial charge in [-0.1, -0.05) is 24.3 Å². The average Bonchev–Trinajstić information content (AvgIpc) is 2.88. The largest absolute Gasteiger partial charge is 0.481 e. The van der Waals surface area contributed by atoms with Crippen molar-refractivity contribution in [3.63, 3.8) is 0 Å². The molecule has 0 saturated carbocycles. The molecule has 1 aromatic carbocycles. The lowest BCUT2D eigenvalue weighted by Gasteiger charge is -2.29. The molecular formula is C27H28N4O4. The minimum atomic E-state index is -0.879. The van der Waals surface area contributed by atoms with Gasteiger partial charge in [-0.3, -0.25) is 9.59 Å². The maximum atomic E-state index is 13.1. The summed E-state index contributed by atoms with van der Waals surface area (Å²) in [6, 6.07) is 9.77. The molecule has 3 aromatic rings. The number of carbonyl (C=O) groups is 2. The monoisotopic (exact) mass is 472 g/mol. The van der Waals surface area contributed by atoms with Crippen molar-refractivity contribution in [1.29, 1.82) is 0 Å². The number of aromatic nitrogens is 3. The minimum absolute atomic E-state index is 0.0521. The van der Waals surface area contributed by atoms with Gasteiger partial charge in [0.1, 0.15) is 0 Å². The van der Waals surface area contributed by atoms with Gasteiger partial charge in [0, 0.05) is 43.7 Å². The van der Waals surface area contributed by atoms with Crippen LogP contribution in [0.3, 0.4) is 0 Å². The lowest BCUT2D eigenvalue weighted by Crippen LogP contribution is -2.37. The molecule has 5 aliphatic rings. The predicted octanol–water partition coefficient (Wildman–Crippen LogP) is 3.78. The maximum Gasteiger partial charge on any atom is 0.304 e. The molecule has 0 aliphatic carbocycles. The number of aliphatic carboxylic acids is 1. The highest BCUT2D eigenvalue weighted by atomic mass is 16.5. The topological polar surface area (TPSA) is 106 Å². The zero-order chi connectivity index (χ0) is 24.2. The third-order valence-corrected chi connectivity index (χ3v) is 6.73. The lowest BCUT2D eigenvalue weighted by atomic mass is 9.86. The smallest absolute Gasteiger partial charge is 0.304 e. The Morgan fingerprint density at radius 1 is 0.971 bits per heavy atom. The summed E-state index contributed by atoms with van der Waals surface area (Å²) in [5, 5.41) is 9.60. The highest BCUT2D eigenvalue weighted by molar-refractivity contribution is 5.90. The standard InChI is InChI=1S/C27H28N4O4/c32-25(33)13-23-20-6-5-19-9-10-31(17-22(19)12-20)27(34)26-29-14-18(15-30-26)4-2-1-3-11-35-24-8-7-21(23)16-28-24/h5-8,12,14-16,23H,1-4,9-11,13,17H2,(H,32,33). The van der Waals surface area contributed by atoms with E-state index in [1.165, 1.54) is 5.56 Å². The summed E-state index contributed by atoms with van der Waals surface area (Å²) in [4.78, 5) is 39.7. The molecule has 8 heteroatoms. The van der Waals surface area contributed by atoms with Crippen LogP contribution >= 0.6 is 0 Å². The Morgan fingerprint density at radius 2 is 1.80 bits per heavy atom. The molecule has 1 N–H and O–H groups in total. The quantitative estimate of drug-likeness (QED) is 0.605. The van der Waals surface area contributed by atoms with Crippen LogP contribution in [0.5, 0.6) is 5.88 Å². The fourth-order valence-electron chi connectivity index (χ4n) is 4.77. The molecule has 1 atom stereocenters. The summed E-state index contributed by atoms with van der Waals surface area (Å²) >= 11 is 0. The van der Waals surface area contributed by atoms with E-state index in [9.17, 15) is 14.7 Å². The lowest BCUT2D eigenvalue weighted by molar-refractivity contribution is -0.137. The fourth-order valence-corrected chi connectivity index (χ4v) is 4.77. The molecule has 2 aromatic heterocycles. The highest BCUT2D eigenvalue weighted by Gasteiger charge is 2.26. The molecule has 7 heterocycles. The normalized spacial score (nSPS) is 18.2. The molecule has 1 amide bonds. The Balaban J connectivity index is 1.49. The second-order valence-electron chi connectivity index (χ2n) is 9.16. The number of benzene rings is 1. The minimum Gasteiger partial charge on any atom is -0.481 e. The van der Waals surface area contributed by atoms with Crippen molar-refractivity contribution in [1.82, 2.24) is 19.9 Å². The third kappa shape index (κ3) is 5.31. The van der Waals surface area contributed by atoms with Crippen molar-refractivity contribution in [2.24, 2.45) is 0 Å². The Kier molecular flexibility index (Phi) is 6.70. The van der Waals surface area contributed by atoms with E-state index in [0.717, 1.165) is 54.4 Å². The molecule has 0 spiro atoms. The van der Waals surface area contributed by atoms with Crippen LogP contribution in [0.25, 0.3) is 0 Å². The van der Waals surface area contributed by atoms with E-state index in [1.54, 1.807) is 23.5 Å². The first kappa shape index (κ1) is 23.0. The van der Waals surface area contributed by atoms with Crippen LogP contribution in [0.2, 0.25) is 0 Å². The summed E-state index contributed by atoms with van der Waals surface area (Å²) in [7, 11) is 0. The van der Waals surface area contributed by atoms with Crippen molar-refractivity contribution >= 4 is 11.9 Å². The van der Waals surface area contributed by atoms with Gasteiger partial charge in [-0.15, -0.1) is 0 Å². The van der Waals surface area contributed by atoms with Gasteiger partial charge in [0.15, 0.2) is 0 Å². The molecule has 0 radical (unpaired) electrons. The first-order valence-electron chi connectivity index (χ1n) is 12.1. The molecule has 0 fully saturated rings. The molecule has 8 rings (SSSR count). The van der Waals surface area contributed by atoms with Gasteiger partial charge in [-0.25, -0.2) is 15.0 Å². The van der Waals surface area contributed by atoms with Crippen molar-refractivity contribution in [2.45, 2.75) is 51.0 Å².